The number of nitrogens with zero attached hydrogens (tertiary/aromatic N) is 4. The van der Waals surface area contributed by atoms with E-state index in [9.17, 15) is 4.79 Å². The number of para-hydroxylation sites is 1. The van der Waals surface area contributed by atoms with E-state index in [0.717, 1.165) is 22.8 Å². The molecule has 0 unspecified atom stereocenters. The van der Waals surface area contributed by atoms with Crippen LogP contribution in [0.2, 0.25) is 0 Å². The number of rotatable bonds is 9. The molecule has 0 radical (unpaired) electrons. The summed E-state index contributed by atoms with van der Waals surface area (Å²) < 4.78 is 9.17. The first-order chi connectivity index (χ1) is 15.1. The fourth-order valence-corrected chi connectivity index (χ4v) is 4.54. The van der Waals surface area contributed by atoms with Crippen molar-refractivity contribution >= 4 is 28.4 Å². The van der Waals surface area contributed by atoms with Crippen molar-refractivity contribution in [1.82, 2.24) is 19.2 Å². The summed E-state index contributed by atoms with van der Waals surface area (Å²) in [6, 6.07) is 16.4. The molecule has 2 aromatic heterocycles. The highest BCUT2D eigenvalue weighted by molar-refractivity contribution is 7.98. The number of aryl methyl sites for hydroxylation is 1. The van der Waals surface area contributed by atoms with Gasteiger partial charge >= 0.3 is 0 Å². The van der Waals surface area contributed by atoms with Crippen molar-refractivity contribution in [2.24, 2.45) is 0 Å². The summed E-state index contributed by atoms with van der Waals surface area (Å²) in [4.78, 5) is 13.1. The van der Waals surface area contributed by atoms with E-state index < -0.39 is 0 Å². The lowest BCUT2D eigenvalue weighted by Gasteiger charge is -2.11. The summed E-state index contributed by atoms with van der Waals surface area (Å²) in [5.74, 6) is 1.89. The largest absolute Gasteiger partial charge is 0.382 e. The minimum absolute atomic E-state index is 0.0344. The number of fused-ring (bicyclic) bond motifs is 3. The molecule has 0 amide bonds. The van der Waals surface area contributed by atoms with Crippen LogP contribution in [0.25, 0.3) is 16.7 Å². The Bertz CT molecular complexity index is 1230. The van der Waals surface area contributed by atoms with Crippen LogP contribution in [0.5, 0.6) is 0 Å². The molecule has 0 fully saturated rings. The summed E-state index contributed by atoms with van der Waals surface area (Å²) in [7, 11) is 0. The highest BCUT2D eigenvalue weighted by Gasteiger charge is 2.16. The van der Waals surface area contributed by atoms with Gasteiger partial charge in [-0.3, -0.25) is 13.8 Å². The van der Waals surface area contributed by atoms with Gasteiger partial charge in [-0.2, -0.15) is 0 Å². The van der Waals surface area contributed by atoms with Gasteiger partial charge in [0, 0.05) is 25.5 Å². The highest BCUT2D eigenvalue weighted by Crippen LogP contribution is 2.25. The third kappa shape index (κ3) is 4.52. The molecule has 6 nitrogen and oxygen atoms in total. The number of hydrogen-bond donors (Lipinski definition) is 0. The second-order valence-electron chi connectivity index (χ2n) is 7.83. The molecule has 7 heteroatoms. The molecule has 0 N–H and O–H groups in total. The predicted molar refractivity (Wildman–Crippen MR) is 126 cm³/mol. The zero-order valence-electron chi connectivity index (χ0n) is 18.2. The van der Waals surface area contributed by atoms with Crippen molar-refractivity contribution in [2.75, 3.05) is 13.2 Å². The molecule has 4 rings (SSSR count). The SMILES string of the molecule is CCOCCCn1c(=O)c2ccccc2n2c(SCc3ccc(C(C)C)cc3)nnc12. The minimum Gasteiger partial charge on any atom is -0.382 e. The van der Waals surface area contributed by atoms with Crippen molar-refractivity contribution in [2.45, 2.75) is 50.6 Å². The average Bonchev–Trinajstić information content (AvgIpc) is 3.21. The molecular formula is C24H28N4O2S. The molecule has 0 aliphatic carbocycles. The van der Waals surface area contributed by atoms with Gasteiger partial charge in [0.2, 0.25) is 5.78 Å². The Hall–Kier alpha value is -2.64. The number of thioether (sulfide) groups is 1. The Kier molecular flexibility index (Phi) is 6.73. The van der Waals surface area contributed by atoms with Gasteiger partial charge in [0.05, 0.1) is 10.9 Å². The van der Waals surface area contributed by atoms with Gasteiger partial charge < -0.3 is 4.74 Å². The van der Waals surface area contributed by atoms with Gasteiger partial charge in [0.25, 0.3) is 5.56 Å². The monoisotopic (exact) mass is 436 g/mol. The standard InChI is InChI=1S/C24H28N4O2S/c1-4-30-15-7-14-27-22(29)20-8-5-6-9-21(20)28-23(27)25-26-24(28)31-16-18-10-12-19(13-11-18)17(2)3/h5-6,8-13,17H,4,7,14-16H2,1-3H3. The van der Waals surface area contributed by atoms with Crippen LogP contribution in [-0.2, 0) is 17.0 Å². The number of ether oxygens (including phenoxy) is 1. The Morgan fingerprint density at radius 1 is 1.06 bits per heavy atom. The second-order valence-corrected chi connectivity index (χ2v) is 8.77. The third-order valence-corrected chi connectivity index (χ3v) is 6.37. The summed E-state index contributed by atoms with van der Waals surface area (Å²) in [6.07, 6.45) is 0.749. The van der Waals surface area contributed by atoms with E-state index in [1.165, 1.54) is 11.1 Å². The molecular weight excluding hydrogens is 408 g/mol. The quantitative estimate of drug-likeness (QED) is 0.276. The Balaban J connectivity index is 1.68. The van der Waals surface area contributed by atoms with Crippen LogP contribution in [-0.4, -0.2) is 32.4 Å². The number of benzene rings is 2. The lowest BCUT2D eigenvalue weighted by Crippen LogP contribution is -2.24. The molecule has 0 atom stereocenters. The molecule has 31 heavy (non-hydrogen) atoms. The van der Waals surface area contributed by atoms with Gasteiger partial charge in [0.1, 0.15) is 0 Å². The molecule has 2 heterocycles. The first-order valence-electron chi connectivity index (χ1n) is 10.8. The van der Waals surface area contributed by atoms with E-state index in [4.69, 9.17) is 4.74 Å². The maximum atomic E-state index is 13.1. The van der Waals surface area contributed by atoms with Gasteiger partial charge in [0.15, 0.2) is 5.16 Å². The number of hydrogen-bond acceptors (Lipinski definition) is 5. The summed E-state index contributed by atoms with van der Waals surface area (Å²) in [6.45, 7) is 8.21. The van der Waals surface area contributed by atoms with E-state index in [-0.39, 0.29) is 5.56 Å². The fourth-order valence-electron chi connectivity index (χ4n) is 3.64. The molecule has 162 valence electrons. The molecule has 0 spiro atoms. The van der Waals surface area contributed by atoms with Crippen molar-refractivity contribution in [3.05, 3.63) is 70.0 Å². The van der Waals surface area contributed by atoms with Crippen molar-refractivity contribution in [3.63, 3.8) is 0 Å². The van der Waals surface area contributed by atoms with Crippen LogP contribution < -0.4 is 5.56 Å². The highest BCUT2D eigenvalue weighted by atomic mass is 32.2. The van der Waals surface area contributed by atoms with Gasteiger partial charge in [-0.05, 0) is 42.5 Å². The van der Waals surface area contributed by atoms with Crippen molar-refractivity contribution in [3.8, 4) is 0 Å². The second kappa shape index (κ2) is 9.66. The summed E-state index contributed by atoms with van der Waals surface area (Å²) in [5.41, 5.74) is 3.38. The van der Waals surface area contributed by atoms with Crippen LogP contribution in [0.15, 0.2) is 58.5 Å². The Morgan fingerprint density at radius 3 is 2.58 bits per heavy atom. The topological polar surface area (TPSA) is 61.4 Å². The van der Waals surface area contributed by atoms with Crippen LogP contribution in [0, 0.1) is 0 Å². The number of aromatic nitrogens is 4. The van der Waals surface area contributed by atoms with E-state index in [2.05, 4.69) is 48.3 Å². The first kappa shape index (κ1) is 21.6. The predicted octanol–water partition coefficient (Wildman–Crippen LogP) is 4.89. The van der Waals surface area contributed by atoms with Crippen molar-refractivity contribution < 1.29 is 4.74 Å². The molecule has 0 saturated carbocycles. The maximum Gasteiger partial charge on any atom is 0.262 e. The van der Waals surface area contributed by atoms with Gasteiger partial charge in [-0.15, -0.1) is 10.2 Å². The lowest BCUT2D eigenvalue weighted by atomic mass is 10.0. The smallest absolute Gasteiger partial charge is 0.262 e. The van der Waals surface area contributed by atoms with Gasteiger partial charge in [-0.25, -0.2) is 0 Å². The molecule has 0 bridgehead atoms. The van der Waals surface area contributed by atoms with Crippen LogP contribution in [0.4, 0.5) is 0 Å². The van der Waals surface area contributed by atoms with E-state index in [0.29, 0.717) is 36.8 Å². The molecule has 0 saturated heterocycles. The van der Waals surface area contributed by atoms with Crippen LogP contribution in [0.1, 0.15) is 44.2 Å². The van der Waals surface area contributed by atoms with Crippen molar-refractivity contribution in [1.29, 1.82) is 0 Å². The summed E-state index contributed by atoms with van der Waals surface area (Å²) >= 11 is 1.63. The Morgan fingerprint density at radius 2 is 1.84 bits per heavy atom. The fraction of sp³-hybridized carbons (Fsp3) is 0.375. The third-order valence-electron chi connectivity index (χ3n) is 5.37. The van der Waals surface area contributed by atoms with E-state index in [1.807, 2.05) is 35.6 Å². The molecule has 4 aromatic rings. The lowest BCUT2D eigenvalue weighted by molar-refractivity contribution is 0.141. The van der Waals surface area contributed by atoms with Gasteiger partial charge in [-0.1, -0.05) is 62.0 Å². The normalized spacial score (nSPS) is 11.7. The Labute approximate surface area is 186 Å². The molecule has 2 aromatic carbocycles. The van der Waals surface area contributed by atoms with E-state index >= 15 is 0 Å². The van der Waals surface area contributed by atoms with Crippen LogP contribution >= 0.6 is 11.8 Å². The zero-order chi connectivity index (χ0) is 21.8. The minimum atomic E-state index is -0.0344. The zero-order valence-corrected chi connectivity index (χ0v) is 19.1. The average molecular weight is 437 g/mol. The molecule has 0 aliphatic rings. The van der Waals surface area contributed by atoms with E-state index in [1.54, 1.807) is 16.3 Å². The van der Waals surface area contributed by atoms with Crippen LogP contribution in [0.3, 0.4) is 0 Å². The summed E-state index contributed by atoms with van der Waals surface area (Å²) in [5, 5.41) is 10.3. The molecule has 0 aliphatic heterocycles. The maximum absolute atomic E-state index is 13.1. The first-order valence-corrected chi connectivity index (χ1v) is 11.7.